The van der Waals surface area contributed by atoms with E-state index in [1.807, 2.05) is 0 Å². The average Bonchev–Trinajstić information content (AvgIpc) is 2.88. The van der Waals surface area contributed by atoms with Gasteiger partial charge in [0, 0.05) is 6.42 Å². The first-order chi connectivity index (χ1) is 9.76. The summed E-state index contributed by atoms with van der Waals surface area (Å²) in [7, 11) is -1.81. The van der Waals surface area contributed by atoms with Crippen LogP contribution < -0.4 is 0 Å². The molecule has 1 aliphatic heterocycles. The van der Waals surface area contributed by atoms with E-state index in [1.54, 1.807) is 0 Å². The molecular weight excluding hydrogens is 284 g/mol. The molecule has 0 aromatic heterocycles. The molecule has 1 aliphatic rings. The first-order valence-corrected chi connectivity index (χ1v) is 10.8. The SMILES string of the molecule is CC(C)(C)[Si](C)(C)O[C@H](CO)C/C=C\CCC1OCCO1. The number of hydrogen-bond acceptors (Lipinski definition) is 4. The molecule has 1 heterocycles. The molecule has 1 N–H and O–H groups in total. The number of hydrogen-bond donors (Lipinski definition) is 1. The fraction of sp³-hybridized carbons (Fsp3) is 0.875. The van der Waals surface area contributed by atoms with Gasteiger partial charge in [0.05, 0.1) is 25.9 Å². The molecule has 0 bridgehead atoms. The minimum Gasteiger partial charge on any atom is -0.411 e. The van der Waals surface area contributed by atoms with Crippen LogP contribution in [0.1, 0.15) is 40.0 Å². The monoisotopic (exact) mass is 316 g/mol. The summed E-state index contributed by atoms with van der Waals surface area (Å²) >= 11 is 0. The maximum atomic E-state index is 9.51. The molecule has 0 aliphatic carbocycles. The van der Waals surface area contributed by atoms with Crippen molar-refractivity contribution in [2.24, 2.45) is 0 Å². The zero-order chi connectivity index (χ0) is 15.9. The molecule has 0 amide bonds. The van der Waals surface area contributed by atoms with Crippen LogP contribution in [0, 0.1) is 0 Å². The second kappa shape index (κ2) is 8.43. The largest absolute Gasteiger partial charge is 0.411 e. The van der Waals surface area contributed by atoms with Crippen molar-refractivity contribution in [2.45, 2.75) is 70.6 Å². The maximum Gasteiger partial charge on any atom is 0.192 e. The predicted molar refractivity (Wildman–Crippen MR) is 87.8 cm³/mol. The highest BCUT2D eigenvalue weighted by atomic mass is 28.4. The van der Waals surface area contributed by atoms with Crippen LogP contribution in [0.25, 0.3) is 0 Å². The van der Waals surface area contributed by atoms with Crippen molar-refractivity contribution in [3.63, 3.8) is 0 Å². The van der Waals surface area contributed by atoms with Gasteiger partial charge in [-0.2, -0.15) is 0 Å². The van der Waals surface area contributed by atoms with Gasteiger partial charge in [-0.05, 0) is 31.0 Å². The third-order valence-corrected chi connectivity index (χ3v) is 8.83. The van der Waals surface area contributed by atoms with Crippen LogP contribution in [0.2, 0.25) is 18.1 Å². The molecule has 21 heavy (non-hydrogen) atoms. The van der Waals surface area contributed by atoms with Crippen molar-refractivity contribution in [3.05, 3.63) is 12.2 Å². The third kappa shape index (κ3) is 6.61. The van der Waals surface area contributed by atoms with Crippen molar-refractivity contribution in [1.82, 2.24) is 0 Å². The Labute approximate surface area is 130 Å². The van der Waals surface area contributed by atoms with E-state index in [2.05, 4.69) is 46.0 Å². The first kappa shape index (κ1) is 18.8. The topological polar surface area (TPSA) is 47.9 Å². The molecule has 0 aromatic rings. The van der Waals surface area contributed by atoms with Crippen LogP contribution >= 0.6 is 0 Å². The molecule has 1 atom stereocenters. The van der Waals surface area contributed by atoms with Gasteiger partial charge in [0.15, 0.2) is 14.6 Å². The molecule has 0 saturated carbocycles. The van der Waals surface area contributed by atoms with Crippen molar-refractivity contribution in [2.75, 3.05) is 19.8 Å². The second-order valence-corrected chi connectivity index (χ2v) is 11.9. The molecule has 1 rings (SSSR count). The zero-order valence-corrected chi connectivity index (χ0v) is 15.2. The molecule has 124 valence electrons. The van der Waals surface area contributed by atoms with Gasteiger partial charge in [0.1, 0.15) is 0 Å². The molecule has 0 radical (unpaired) electrons. The standard InChI is InChI=1S/C16H32O4Si/c1-16(2,3)21(4,5)20-14(13-17)9-7-6-8-10-15-18-11-12-19-15/h6-7,14-15,17H,8-13H2,1-5H3/b7-6-/t14-/m0/s1. The zero-order valence-electron chi connectivity index (χ0n) is 14.2. The summed E-state index contributed by atoms with van der Waals surface area (Å²) < 4.78 is 17.0. The van der Waals surface area contributed by atoms with Crippen LogP contribution in [0.4, 0.5) is 0 Å². The Morgan fingerprint density at radius 1 is 1.24 bits per heavy atom. The van der Waals surface area contributed by atoms with Crippen molar-refractivity contribution in [3.8, 4) is 0 Å². The molecule has 1 fully saturated rings. The quantitative estimate of drug-likeness (QED) is 0.550. The molecule has 0 spiro atoms. The highest BCUT2D eigenvalue weighted by Crippen LogP contribution is 2.37. The van der Waals surface area contributed by atoms with Gasteiger partial charge in [-0.15, -0.1) is 0 Å². The van der Waals surface area contributed by atoms with Crippen molar-refractivity contribution in [1.29, 1.82) is 0 Å². The van der Waals surface area contributed by atoms with E-state index in [9.17, 15) is 5.11 Å². The smallest absolute Gasteiger partial charge is 0.192 e. The number of allylic oxidation sites excluding steroid dienone is 1. The number of aliphatic hydroxyl groups excluding tert-OH is 1. The van der Waals surface area contributed by atoms with E-state index in [0.29, 0.717) is 13.2 Å². The van der Waals surface area contributed by atoms with Gasteiger partial charge >= 0.3 is 0 Å². The van der Waals surface area contributed by atoms with E-state index in [4.69, 9.17) is 13.9 Å². The fourth-order valence-corrected chi connectivity index (χ4v) is 3.28. The van der Waals surface area contributed by atoms with E-state index in [0.717, 1.165) is 19.3 Å². The Bertz CT molecular complexity index is 317. The highest BCUT2D eigenvalue weighted by molar-refractivity contribution is 6.74. The number of rotatable bonds is 8. The Morgan fingerprint density at radius 3 is 2.38 bits per heavy atom. The summed E-state index contributed by atoms with van der Waals surface area (Å²) in [5, 5.41) is 9.68. The molecule has 1 saturated heterocycles. The van der Waals surface area contributed by atoms with E-state index < -0.39 is 8.32 Å². The molecule has 0 unspecified atom stereocenters. The van der Waals surface area contributed by atoms with E-state index >= 15 is 0 Å². The van der Waals surface area contributed by atoms with Gasteiger partial charge in [-0.25, -0.2) is 0 Å². The molecule has 0 aromatic carbocycles. The lowest BCUT2D eigenvalue weighted by molar-refractivity contribution is -0.0457. The van der Waals surface area contributed by atoms with Crippen LogP contribution in [0.3, 0.4) is 0 Å². The molecule has 5 heteroatoms. The third-order valence-electron chi connectivity index (χ3n) is 4.30. The summed E-state index contributed by atoms with van der Waals surface area (Å²) in [6, 6.07) is 0. The first-order valence-electron chi connectivity index (χ1n) is 7.93. The molecule has 4 nitrogen and oxygen atoms in total. The van der Waals surface area contributed by atoms with Crippen LogP contribution in [0.5, 0.6) is 0 Å². The van der Waals surface area contributed by atoms with Crippen molar-refractivity contribution < 1.29 is 19.0 Å². The lowest BCUT2D eigenvalue weighted by atomic mass is 10.2. The maximum absolute atomic E-state index is 9.51. The Morgan fingerprint density at radius 2 is 1.86 bits per heavy atom. The minimum atomic E-state index is -1.81. The Kier molecular flexibility index (Phi) is 7.57. The van der Waals surface area contributed by atoms with Gasteiger partial charge in [0.25, 0.3) is 0 Å². The molecular formula is C16H32O4Si. The fourth-order valence-electron chi connectivity index (χ4n) is 1.93. The lowest BCUT2D eigenvalue weighted by Gasteiger charge is -2.38. The van der Waals surface area contributed by atoms with Crippen LogP contribution in [-0.4, -0.2) is 45.6 Å². The van der Waals surface area contributed by atoms with Crippen molar-refractivity contribution >= 4 is 8.32 Å². The van der Waals surface area contributed by atoms with Crippen LogP contribution in [-0.2, 0) is 13.9 Å². The summed E-state index contributed by atoms with van der Waals surface area (Å²) in [6.07, 6.45) is 6.68. The summed E-state index contributed by atoms with van der Waals surface area (Å²) in [5.74, 6) is 0. The van der Waals surface area contributed by atoms with Gasteiger partial charge in [0.2, 0.25) is 0 Å². The Balaban J connectivity index is 2.29. The minimum absolute atomic E-state index is 0.0354. The highest BCUT2D eigenvalue weighted by Gasteiger charge is 2.38. The van der Waals surface area contributed by atoms with Gasteiger partial charge in [-0.3, -0.25) is 0 Å². The number of aliphatic hydroxyl groups is 1. The van der Waals surface area contributed by atoms with E-state index in [-0.39, 0.29) is 24.0 Å². The predicted octanol–water partition coefficient (Wildman–Crippen LogP) is 3.47. The average molecular weight is 317 g/mol. The van der Waals surface area contributed by atoms with Gasteiger partial charge in [-0.1, -0.05) is 32.9 Å². The van der Waals surface area contributed by atoms with E-state index in [1.165, 1.54) is 0 Å². The summed E-state index contributed by atoms with van der Waals surface area (Å²) in [4.78, 5) is 0. The second-order valence-electron chi connectivity index (χ2n) is 7.14. The van der Waals surface area contributed by atoms with Gasteiger partial charge < -0.3 is 19.0 Å². The van der Waals surface area contributed by atoms with Crippen LogP contribution in [0.15, 0.2) is 12.2 Å². The lowest BCUT2D eigenvalue weighted by Crippen LogP contribution is -2.44. The normalized spacial score (nSPS) is 19.5. The summed E-state index contributed by atoms with van der Waals surface area (Å²) in [5.41, 5.74) is 0. The number of ether oxygens (including phenoxy) is 2. The Hall–Kier alpha value is -0.203. The summed E-state index contributed by atoms with van der Waals surface area (Å²) in [6.45, 7) is 12.6.